The number of nitrogens with zero attached hydrogens (tertiary/aromatic N) is 6. The van der Waals surface area contributed by atoms with E-state index in [2.05, 4.69) is 41.9 Å². The Kier molecular flexibility index (Phi) is 14.5. The van der Waals surface area contributed by atoms with Crippen LogP contribution < -0.4 is 25.6 Å². The van der Waals surface area contributed by atoms with Crippen LogP contribution in [0.4, 0.5) is 16.6 Å². The zero-order chi connectivity index (χ0) is 52.5. The lowest BCUT2D eigenvalue weighted by Crippen LogP contribution is -2.46. The molecule has 3 aliphatic heterocycles. The summed E-state index contributed by atoms with van der Waals surface area (Å²) in [6.07, 6.45) is 5.23. The molecule has 0 radical (unpaired) electrons. The zero-order valence-electron chi connectivity index (χ0n) is 43.3. The van der Waals surface area contributed by atoms with Crippen molar-refractivity contribution in [1.29, 1.82) is 0 Å². The molecule has 4 aromatic carbocycles. The minimum atomic E-state index is -0.752. The standard InChI is InChI=1S/C58H63N9O7S/c1-34-39(40-21-23-49(61-52(40)56(72)74-58(3,4)5)67-30-27-37-13-9-15-41(44(37)33-67)54(70)63-57-60-45-16-7-8-18-48(45)75-57)14-10-17-47(34)73-31-11-12-36-25-28-66(29-26-36)35(2)53(69)59-38-19-20-42-46(32-38)65(6)64-51(42)43-22-24-50(68)62-55(43)71/h7-10,13-21,23,32,35-36,43H,11-12,22,24-31,33H2,1-6H3,(H,59,69)(H,60,63,70)(H,62,68,71). The van der Waals surface area contributed by atoms with Gasteiger partial charge in [0.25, 0.3) is 5.91 Å². The number of amides is 4. The lowest BCUT2D eigenvalue weighted by atomic mass is 9.91. The van der Waals surface area contributed by atoms with Gasteiger partial charge in [0, 0.05) is 48.8 Å². The molecule has 17 heteroatoms. The Labute approximate surface area is 440 Å². The first kappa shape index (κ1) is 51.0. The molecule has 2 saturated heterocycles. The molecule has 7 aromatic rings. The number of fused-ring (bicyclic) bond motifs is 3. The van der Waals surface area contributed by atoms with Crippen molar-refractivity contribution >= 4 is 78.7 Å². The van der Waals surface area contributed by atoms with E-state index in [1.54, 1.807) is 4.68 Å². The molecular formula is C58H63N9O7S. The third kappa shape index (κ3) is 11.2. The largest absolute Gasteiger partial charge is 0.493 e. The third-order valence-electron chi connectivity index (χ3n) is 14.7. The molecule has 0 saturated carbocycles. The average Bonchev–Trinajstić information content (AvgIpc) is 3.98. The number of carbonyl (C=O) groups excluding carboxylic acids is 5. The Morgan fingerprint density at radius 1 is 0.880 bits per heavy atom. The number of likely N-dealkylation sites (tertiary alicyclic amines) is 1. The quantitative estimate of drug-likeness (QED) is 0.0532. The van der Waals surface area contributed by atoms with Crippen LogP contribution in [0.25, 0.3) is 32.2 Å². The second-order valence-electron chi connectivity index (χ2n) is 20.9. The van der Waals surface area contributed by atoms with Gasteiger partial charge in [0.15, 0.2) is 10.8 Å². The number of thiazole rings is 1. The van der Waals surface area contributed by atoms with Gasteiger partial charge in [0.1, 0.15) is 17.2 Å². The molecule has 0 bridgehead atoms. The summed E-state index contributed by atoms with van der Waals surface area (Å²) in [7, 11) is 1.81. The van der Waals surface area contributed by atoms with E-state index in [1.807, 2.05) is 127 Å². The monoisotopic (exact) mass is 1030 g/mol. The first-order chi connectivity index (χ1) is 36.1. The molecule has 2 atom stereocenters. The number of rotatable bonds is 14. The van der Waals surface area contributed by atoms with Crippen LogP contribution in [0.3, 0.4) is 0 Å². The van der Waals surface area contributed by atoms with E-state index >= 15 is 0 Å². The minimum Gasteiger partial charge on any atom is -0.493 e. The molecule has 2 fully saturated rings. The van der Waals surface area contributed by atoms with Crippen LogP contribution in [-0.4, -0.2) is 92.1 Å². The van der Waals surface area contributed by atoms with Gasteiger partial charge in [0.05, 0.1) is 40.0 Å². The van der Waals surface area contributed by atoms with Crippen molar-refractivity contribution in [2.24, 2.45) is 13.0 Å². The highest BCUT2D eigenvalue weighted by molar-refractivity contribution is 7.22. The van der Waals surface area contributed by atoms with E-state index < -0.39 is 17.5 Å². The number of nitrogens with one attached hydrogen (secondary N) is 3. The number of hydrogen-bond donors (Lipinski definition) is 3. The van der Waals surface area contributed by atoms with Crippen LogP contribution in [0.1, 0.15) is 115 Å². The van der Waals surface area contributed by atoms with E-state index in [9.17, 15) is 24.0 Å². The number of piperidine rings is 2. The van der Waals surface area contributed by atoms with Crippen molar-refractivity contribution in [2.45, 2.75) is 104 Å². The molecule has 10 rings (SSSR count). The fourth-order valence-corrected chi connectivity index (χ4v) is 11.5. The van der Waals surface area contributed by atoms with Gasteiger partial charge in [0.2, 0.25) is 17.7 Å². The molecule has 3 aliphatic rings. The highest BCUT2D eigenvalue weighted by Crippen LogP contribution is 2.37. The number of anilines is 3. The molecule has 2 unspecified atom stereocenters. The molecule has 0 aliphatic carbocycles. The Balaban J connectivity index is 0.748. The molecule has 75 heavy (non-hydrogen) atoms. The maximum atomic E-state index is 14.1. The van der Waals surface area contributed by atoms with Crippen molar-refractivity contribution in [3.8, 4) is 16.9 Å². The predicted molar refractivity (Wildman–Crippen MR) is 291 cm³/mol. The summed E-state index contributed by atoms with van der Waals surface area (Å²) in [5.74, 6) is -0.0434. The topological polar surface area (TPSA) is 190 Å². The van der Waals surface area contributed by atoms with Gasteiger partial charge < -0.3 is 19.7 Å². The van der Waals surface area contributed by atoms with Crippen LogP contribution >= 0.6 is 11.3 Å². The van der Waals surface area contributed by atoms with E-state index in [0.717, 1.165) is 87.9 Å². The smallest absolute Gasteiger partial charge is 0.358 e. The Morgan fingerprint density at radius 2 is 1.68 bits per heavy atom. The summed E-state index contributed by atoms with van der Waals surface area (Å²) in [4.78, 5) is 79.7. The predicted octanol–water partition coefficient (Wildman–Crippen LogP) is 9.74. The Hall–Kier alpha value is -7.50. The molecular weight excluding hydrogens is 967 g/mol. The van der Waals surface area contributed by atoms with Crippen molar-refractivity contribution < 1.29 is 33.4 Å². The summed E-state index contributed by atoms with van der Waals surface area (Å²) in [5, 5.41) is 14.5. The second-order valence-corrected chi connectivity index (χ2v) is 22.0. The highest BCUT2D eigenvalue weighted by atomic mass is 32.1. The summed E-state index contributed by atoms with van der Waals surface area (Å²) in [6, 6.07) is 28.7. The van der Waals surface area contributed by atoms with E-state index in [-0.39, 0.29) is 41.8 Å². The molecule has 0 spiro atoms. The molecule has 388 valence electrons. The van der Waals surface area contributed by atoms with Crippen LogP contribution in [0.5, 0.6) is 5.75 Å². The van der Waals surface area contributed by atoms with Gasteiger partial charge in [-0.2, -0.15) is 5.10 Å². The summed E-state index contributed by atoms with van der Waals surface area (Å²) in [5.41, 5.74) is 7.35. The fraction of sp³-hybridized carbons (Fsp3) is 0.379. The first-order valence-electron chi connectivity index (χ1n) is 25.9. The van der Waals surface area contributed by atoms with Gasteiger partial charge >= 0.3 is 5.97 Å². The van der Waals surface area contributed by atoms with Crippen molar-refractivity contribution in [3.05, 3.63) is 125 Å². The second kappa shape index (κ2) is 21.4. The zero-order valence-corrected chi connectivity index (χ0v) is 44.1. The van der Waals surface area contributed by atoms with Crippen LogP contribution in [0, 0.1) is 12.8 Å². The maximum Gasteiger partial charge on any atom is 0.358 e. The molecule has 4 amide bonds. The van der Waals surface area contributed by atoms with Crippen molar-refractivity contribution in [1.82, 2.24) is 30.0 Å². The minimum absolute atomic E-state index is 0.0804. The van der Waals surface area contributed by atoms with Gasteiger partial charge in [-0.3, -0.25) is 39.4 Å². The highest BCUT2D eigenvalue weighted by Gasteiger charge is 2.33. The van der Waals surface area contributed by atoms with Crippen LogP contribution in [0.2, 0.25) is 0 Å². The summed E-state index contributed by atoms with van der Waals surface area (Å²) >= 11 is 1.44. The number of esters is 1. The van der Waals surface area contributed by atoms with Crippen molar-refractivity contribution in [2.75, 3.05) is 41.8 Å². The Bertz CT molecular complexity index is 3320. The summed E-state index contributed by atoms with van der Waals surface area (Å²) in [6.45, 7) is 12.7. The molecule has 3 aromatic heterocycles. The lowest BCUT2D eigenvalue weighted by Gasteiger charge is -2.35. The number of carbonyl (C=O) groups is 5. The van der Waals surface area contributed by atoms with Gasteiger partial charge in [-0.15, -0.1) is 0 Å². The summed E-state index contributed by atoms with van der Waals surface area (Å²) < 4.78 is 15.1. The van der Waals surface area contributed by atoms with Gasteiger partial charge in [-0.25, -0.2) is 14.8 Å². The lowest BCUT2D eigenvalue weighted by molar-refractivity contribution is -0.134. The SMILES string of the molecule is Cc1c(OCCCC2CCN(C(C)C(=O)Nc3ccc4c(C5CCC(=O)NC5=O)nn(C)c4c3)CC2)cccc1-c1ccc(N2CCc3cccc(C(=O)Nc4nc5ccccc5s4)c3C2)nc1C(=O)OC(C)(C)C. The molecule has 16 nitrogen and oxygen atoms in total. The first-order valence-corrected chi connectivity index (χ1v) is 26.7. The number of ether oxygens (including phenoxy) is 2. The van der Waals surface area contributed by atoms with Crippen LogP contribution in [0.15, 0.2) is 91.0 Å². The number of imide groups is 1. The van der Waals surface area contributed by atoms with Gasteiger partial charge in [-0.1, -0.05) is 47.7 Å². The number of benzene rings is 4. The normalized spacial score (nSPS) is 16.9. The molecule has 6 heterocycles. The third-order valence-corrected chi connectivity index (χ3v) is 15.7. The maximum absolute atomic E-state index is 14.1. The number of aromatic nitrogens is 4. The van der Waals surface area contributed by atoms with E-state index in [1.165, 1.54) is 11.3 Å². The number of pyridine rings is 1. The van der Waals surface area contributed by atoms with Crippen molar-refractivity contribution in [3.63, 3.8) is 0 Å². The fourth-order valence-electron chi connectivity index (χ4n) is 10.6. The van der Waals surface area contributed by atoms with E-state index in [4.69, 9.17) is 14.5 Å². The number of aryl methyl sites for hydroxylation is 1. The number of hydrogen-bond acceptors (Lipinski definition) is 13. The van der Waals surface area contributed by atoms with E-state index in [0.29, 0.717) is 71.9 Å². The molecule has 3 N–H and O–H groups in total. The number of para-hydroxylation sites is 1. The van der Waals surface area contributed by atoms with Crippen LogP contribution in [-0.2, 0) is 39.1 Å². The van der Waals surface area contributed by atoms with Gasteiger partial charge in [-0.05, 0) is 169 Å². The Morgan fingerprint density at radius 3 is 2.47 bits per heavy atom. The average molecular weight is 1030 g/mol.